The van der Waals surface area contributed by atoms with Gasteiger partial charge in [0.1, 0.15) is 10.7 Å². The van der Waals surface area contributed by atoms with Gasteiger partial charge in [-0.25, -0.2) is 18.1 Å². The maximum Gasteiger partial charge on any atom is 0.244 e. The summed E-state index contributed by atoms with van der Waals surface area (Å²) < 4.78 is 27.0. The SMILES string of the molecule is CCCNc1ncccc1S(=O)(=O)NCCCSC. The van der Waals surface area contributed by atoms with Crippen LogP contribution in [0.2, 0.25) is 0 Å². The molecular formula is C12H21N3O2S2. The lowest BCUT2D eigenvalue weighted by molar-refractivity contribution is 0.581. The van der Waals surface area contributed by atoms with Gasteiger partial charge in [-0.15, -0.1) is 0 Å². The van der Waals surface area contributed by atoms with Crippen molar-refractivity contribution in [2.24, 2.45) is 0 Å². The van der Waals surface area contributed by atoms with E-state index in [0.29, 0.717) is 18.9 Å². The molecule has 0 bridgehead atoms. The Morgan fingerprint density at radius 3 is 2.84 bits per heavy atom. The number of nitrogens with one attached hydrogen (secondary N) is 2. The van der Waals surface area contributed by atoms with Gasteiger partial charge in [-0.1, -0.05) is 6.92 Å². The number of sulfonamides is 1. The van der Waals surface area contributed by atoms with Crippen LogP contribution in [0.1, 0.15) is 19.8 Å². The third-order valence-corrected chi connectivity index (χ3v) is 4.61. The first kappa shape index (κ1) is 16.3. The molecule has 1 aromatic heterocycles. The van der Waals surface area contributed by atoms with E-state index in [-0.39, 0.29) is 4.90 Å². The Hall–Kier alpha value is -0.790. The summed E-state index contributed by atoms with van der Waals surface area (Å²) in [4.78, 5) is 4.31. The van der Waals surface area contributed by atoms with E-state index < -0.39 is 10.0 Å². The van der Waals surface area contributed by atoms with Crippen molar-refractivity contribution in [3.63, 3.8) is 0 Å². The fourth-order valence-electron chi connectivity index (χ4n) is 1.48. The standard InChI is InChI=1S/C12H21N3O2S2/c1-3-7-13-12-11(6-4-8-14-12)19(16,17)15-9-5-10-18-2/h4,6,8,15H,3,5,7,9-10H2,1-2H3,(H,13,14). The Balaban J connectivity index is 2.76. The number of thioether (sulfide) groups is 1. The minimum Gasteiger partial charge on any atom is -0.369 e. The smallest absolute Gasteiger partial charge is 0.244 e. The molecule has 0 amide bonds. The van der Waals surface area contributed by atoms with Gasteiger partial charge in [-0.3, -0.25) is 0 Å². The van der Waals surface area contributed by atoms with Crippen molar-refractivity contribution >= 4 is 27.6 Å². The molecule has 0 aliphatic heterocycles. The summed E-state index contributed by atoms with van der Waals surface area (Å²) in [7, 11) is -3.49. The highest BCUT2D eigenvalue weighted by atomic mass is 32.2. The quantitative estimate of drug-likeness (QED) is 0.682. The van der Waals surface area contributed by atoms with Crippen LogP contribution in [0.4, 0.5) is 5.82 Å². The Bertz CT molecular complexity index is 478. The Labute approximate surface area is 119 Å². The first-order valence-corrected chi connectivity index (χ1v) is 9.17. The molecule has 0 saturated carbocycles. The molecule has 0 aliphatic carbocycles. The first-order chi connectivity index (χ1) is 9.11. The number of hydrogen-bond donors (Lipinski definition) is 2. The van der Waals surface area contributed by atoms with Crippen LogP contribution >= 0.6 is 11.8 Å². The van der Waals surface area contributed by atoms with Crippen LogP contribution in [0.3, 0.4) is 0 Å². The van der Waals surface area contributed by atoms with Crippen molar-refractivity contribution in [3.8, 4) is 0 Å². The second-order valence-corrected chi connectivity index (χ2v) is 6.74. The predicted molar refractivity (Wildman–Crippen MR) is 81.2 cm³/mol. The second kappa shape index (κ2) is 8.39. The molecule has 0 radical (unpaired) electrons. The summed E-state index contributed by atoms with van der Waals surface area (Å²) in [6, 6.07) is 3.20. The normalized spacial score (nSPS) is 11.5. The van der Waals surface area contributed by atoms with Gasteiger partial charge in [-0.2, -0.15) is 11.8 Å². The first-order valence-electron chi connectivity index (χ1n) is 6.29. The zero-order valence-corrected chi connectivity index (χ0v) is 13.0. The maximum atomic E-state index is 12.2. The van der Waals surface area contributed by atoms with Gasteiger partial charge in [-0.05, 0) is 37.0 Å². The molecule has 2 N–H and O–H groups in total. The lowest BCUT2D eigenvalue weighted by atomic mass is 10.4. The monoisotopic (exact) mass is 303 g/mol. The summed E-state index contributed by atoms with van der Waals surface area (Å²) in [6.45, 7) is 3.17. The topological polar surface area (TPSA) is 71.1 Å². The summed E-state index contributed by atoms with van der Waals surface area (Å²) in [6.07, 6.45) is 5.32. The van der Waals surface area contributed by atoms with Gasteiger partial charge in [0.2, 0.25) is 10.0 Å². The van der Waals surface area contributed by atoms with Crippen LogP contribution in [0.15, 0.2) is 23.2 Å². The molecule has 0 atom stereocenters. The van der Waals surface area contributed by atoms with E-state index in [9.17, 15) is 8.42 Å². The van der Waals surface area contributed by atoms with Crippen LogP contribution in [-0.2, 0) is 10.0 Å². The van der Waals surface area contributed by atoms with Crippen LogP contribution in [0.5, 0.6) is 0 Å². The Kier molecular flexibility index (Phi) is 7.19. The van der Waals surface area contributed by atoms with Crippen LogP contribution in [-0.4, -0.2) is 38.5 Å². The highest BCUT2D eigenvalue weighted by Gasteiger charge is 2.18. The average molecular weight is 303 g/mol. The van der Waals surface area contributed by atoms with Gasteiger partial charge in [0.25, 0.3) is 0 Å². The van der Waals surface area contributed by atoms with Gasteiger partial charge in [0, 0.05) is 19.3 Å². The second-order valence-electron chi connectivity index (χ2n) is 4.02. The molecule has 1 rings (SSSR count). The molecule has 0 spiro atoms. The molecule has 108 valence electrons. The van der Waals surface area contributed by atoms with Crippen molar-refractivity contribution in [1.29, 1.82) is 0 Å². The summed E-state index contributed by atoms with van der Waals surface area (Å²) in [5.41, 5.74) is 0. The van der Waals surface area contributed by atoms with Gasteiger partial charge in [0.05, 0.1) is 0 Å². The minimum atomic E-state index is -3.49. The third-order valence-electron chi connectivity index (χ3n) is 2.42. The molecular weight excluding hydrogens is 282 g/mol. The number of nitrogens with zero attached hydrogens (tertiary/aromatic N) is 1. The molecule has 0 aromatic carbocycles. The molecule has 0 aliphatic rings. The van der Waals surface area contributed by atoms with Crippen molar-refractivity contribution in [2.45, 2.75) is 24.7 Å². The van der Waals surface area contributed by atoms with E-state index in [1.54, 1.807) is 30.1 Å². The van der Waals surface area contributed by atoms with Crippen molar-refractivity contribution in [2.75, 3.05) is 30.4 Å². The fourth-order valence-corrected chi connectivity index (χ4v) is 3.12. The highest BCUT2D eigenvalue weighted by molar-refractivity contribution is 7.98. The summed E-state index contributed by atoms with van der Waals surface area (Å²) in [5.74, 6) is 1.36. The summed E-state index contributed by atoms with van der Waals surface area (Å²) >= 11 is 1.70. The average Bonchev–Trinajstić information content (AvgIpc) is 2.41. The number of pyridine rings is 1. The number of rotatable bonds is 9. The predicted octanol–water partition coefficient (Wildman–Crippen LogP) is 1.93. The minimum absolute atomic E-state index is 0.215. The molecule has 0 unspecified atom stereocenters. The highest BCUT2D eigenvalue weighted by Crippen LogP contribution is 2.17. The third kappa shape index (κ3) is 5.38. The molecule has 7 heteroatoms. The lowest BCUT2D eigenvalue weighted by Gasteiger charge is -2.11. The van der Waals surface area contributed by atoms with E-state index in [2.05, 4.69) is 15.0 Å². The molecule has 0 fully saturated rings. The van der Waals surface area contributed by atoms with E-state index in [1.165, 1.54) is 0 Å². The van der Waals surface area contributed by atoms with Gasteiger partial charge >= 0.3 is 0 Å². The van der Waals surface area contributed by atoms with E-state index >= 15 is 0 Å². The molecule has 19 heavy (non-hydrogen) atoms. The van der Waals surface area contributed by atoms with E-state index in [0.717, 1.165) is 18.6 Å². The Morgan fingerprint density at radius 2 is 2.16 bits per heavy atom. The zero-order valence-electron chi connectivity index (χ0n) is 11.3. The van der Waals surface area contributed by atoms with Gasteiger partial charge < -0.3 is 5.32 Å². The summed E-state index contributed by atoms with van der Waals surface area (Å²) in [5, 5.41) is 3.04. The Morgan fingerprint density at radius 1 is 1.37 bits per heavy atom. The molecule has 0 saturated heterocycles. The molecule has 1 aromatic rings. The van der Waals surface area contributed by atoms with Crippen LogP contribution in [0, 0.1) is 0 Å². The van der Waals surface area contributed by atoms with E-state index in [1.807, 2.05) is 13.2 Å². The number of anilines is 1. The van der Waals surface area contributed by atoms with Crippen molar-refractivity contribution in [3.05, 3.63) is 18.3 Å². The van der Waals surface area contributed by atoms with Crippen LogP contribution < -0.4 is 10.0 Å². The molecule has 1 heterocycles. The van der Waals surface area contributed by atoms with Crippen molar-refractivity contribution < 1.29 is 8.42 Å². The van der Waals surface area contributed by atoms with Crippen LogP contribution in [0.25, 0.3) is 0 Å². The maximum absolute atomic E-state index is 12.2. The number of aromatic nitrogens is 1. The largest absolute Gasteiger partial charge is 0.369 e. The van der Waals surface area contributed by atoms with E-state index in [4.69, 9.17) is 0 Å². The number of hydrogen-bond acceptors (Lipinski definition) is 5. The zero-order chi connectivity index (χ0) is 14.1. The van der Waals surface area contributed by atoms with Crippen molar-refractivity contribution in [1.82, 2.24) is 9.71 Å². The van der Waals surface area contributed by atoms with Gasteiger partial charge in [0.15, 0.2) is 0 Å². The fraction of sp³-hybridized carbons (Fsp3) is 0.583. The molecule has 5 nitrogen and oxygen atoms in total. The lowest BCUT2D eigenvalue weighted by Crippen LogP contribution is -2.26.